The molecule has 1 aromatic carbocycles. The molecule has 27 heavy (non-hydrogen) atoms. The molecule has 0 bridgehead atoms. The smallest absolute Gasteiger partial charge is 0.163 e. The van der Waals surface area contributed by atoms with Crippen LogP contribution in [0.4, 0.5) is 15.8 Å². The number of phenolic OH excluding ortho intramolecular Hbond substituents is 1. The van der Waals surface area contributed by atoms with Crippen LogP contribution in [0.5, 0.6) is 5.75 Å². The molecule has 3 rings (SSSR count). The van der Waals surface area contributed by atoms with Crippen LogP contribution in [0.15, 0.2) is 30.5 Å². The highest BCUT2D eigenvalue weighted by Crippen LogP contribution is 2.47. The Hall–Kier alpha value is -2.01. The summed E-state index contributed by atoms with van der Waals surface area (Å²) in [5, 5.41) is 11.1. The van der Waals surface area contributed by atoms with Crippen LogP contribution in [0, 0.1) is 0 Å². The monoisotopic (exact) mass is 373 g/mol. The highest BCUT2D eigenvalue weighted by molar-refractivity contribution is 5.93. The Labute approximate surface area is 162 Å². The van der Waals surface area contributed by atoms with Crippen LogP contribution in [0.2, 0.25) is 0 Å². The van der Waals surface area contributed by atoms with Crippen LogP contribution in [0.1, 0.15) is 52.0 Å². The minimum Gasteiger partial charge on any atom is -0.504 e. The third-order valence-electron chi connectivity index (χ3n) is 6.10. The van der Waals surface area contributed by atoms with E-state index in [1.54, 1.807) is 6.92 Å². The van der Waals surface area contributed by atoms with Crippen molar-refractivity contribution in [2.75, 3.05) is 23.4 Å². The number of nitrogens with zero attached hydrogens (tertiary/aromatic N) is 2. The van der Waals surface area contributed by atoms with Crippen molar-refractivity contribution in [1.82, 2.24) is 0 Å². The van der Waals surface area contributed by atoms with Crippen molar-refractivity contribution in [2.45, 2.75) is 64.2 Å². The number of phenols is 1. The molecule has 0 saturated heterocycles. The Kier molecular flexibility index (Phi) is 5.26. The minimum atomic E-state index is -1.03. The number of benzene rings is 1. The molecule has 1 aromatic rings. The fourth-order valence-electron chi connectivity index (χ4n) is 3.69. The van der Waals surface area contributed by atoms with E-state index in [4.69, 9.17) is 5.73 Å². The molecule has 1 heterocycles. The second-order valence-corrected chi connectivity index (χ2v) is 8.33. The molecule has 0 amide bonds. The largest absolute Gasteiger partial charge is 0.504 e. The minimum absolute atomic E-state index is 0.0439. The molecular formula is C22H32FN3O. The van der Waals surface area contributed by atoms with E-state index < -0.39 is 6.17 Å². The maximum Gasteiger partial charge on any atom is 0.163 e. The van der Waals surface area contributed by atoms with E-state index in [9.17, 15) is 9.50 Å². The molecule has 2 atom stereocenters. The molecule has 3 N–H and O–H groups in total. The quantitative estimate of drug-likeness (QED) is 0.734. The fraction of sp³-hybridized carbons (Fsp3) is 0.545. The summed E-state index contributed by atoms with van der Waals surface area (Å²) < 4.78 is 14.1. The Bertz CT molecular complexity index is 767. The number of allylic oxidation sites excluding steroid dienone is 2. The van der Waals surface area contributed by atoms with Gasteiger partial charge in [-0.15, -0.1) is 0 Å². The first kappa shape index (κ1) is 19.7. The molecular weight excluding hydrogens is 341 g/mol. The Morgan fingerprint density at radius 3 is 2.63 bits per heavy atom. The van der Waals surface area contributed by atoms with Crippen LogP contribution in [-0.2, 0) is 0 Å². The van der Waals surface area contributed by atoms with Gasteiger partial charge in [-0.05, 0) is 69.7 Å². The van der Waals surface area contributed by atoms with Crippen molar-refractivity contribution in [3.8, 4) is 5.75 Å². The van der Waals surface area contributed by atoms with Crippen molar-refractivity contribution in [3.05, 3.63) is 36.0 Å². The topological polar surface area (TPSA) is 52.7 Å². The van der Waals surface area contributed by atoms with E-state index in [-0.39, 0.29) is 17.3 Å². The molecule has 148 valence electrons. The van der Waals surface area contributed by atoms with Gasteiger partial charge in [-0.2, -0.15) is 0 Å². The van der Waals surface area contributed by atoms with Crippen molar-refractivity contribution < 1.29 is 9.50 Å². The second-order valence-electron chi connectivity index (χ2n) is 8.33. The fourth-order valence-corrected chi connectivity index (χ4v) is 3.69. The average Bonchev–Trinajstić information content (AvgIpc) is 3.34. The summed E-state index contributed by atoms with van der Waals surface area (Å²) in [7, 11) is 1.97. The maximum atomic E-state index is 14.1. The first-order valence-corrected chi connectivity index (χ1v) is 9.81. The summed E-state index contributed by atoms with van der Waals surface area (Å²) in [6.45, 7) is 10.3. The molecule has 0 aromatic heterocycles. The van der Waals surface area contributed by atoms with Crippen molar-refractivity contribution >= 4 is 16.9 Å². The third-order valence-corrected chi connectivity index (χ3v) is 6.10. The number of rotatable bonds is 7. The highest BCUT2D eigenvalue weighted by atomic mass is 19.1. The van der Waals surface area contributed by atoms with E-state index in [0.717, 1.165) is 54.6 Å². The van der Waals surface area contributed by atoms with Gasteiger partial charge in [0.05, 0.1) is 17.4 Å². The van der Waals surface area contributed by atoms with Crippen LogP contribution in [0.3, 0.4) is 0 Å². The molecule has 1 fully saturated rings. The van der Waals surface area contributed by atoms with Crippen LogP contribution in [0.25, 0.3) is 5.57 Å². The van der Waals surface area contributed by atoms with Crippen molar-refractivity contribution in [1.29, 1.82) is 0 Å². The molecule has 2 unspecified atom stereocenters. The molecule has 5 heteroatoms. The van der Waals surface area contributed by atoms with Crippen LogP contribution < -0.4 is 15.5 Å². The van der Waals surface area contributed by atoms with Gasteiger partial charge in [0.25, 0.3) is 0 Å². The zero-order chi connectivity index (χ0) is 19.9. The normalized spacial score (nSPS) is 20.0. The van der Waals surface area contributed by atoms with Gasteiger partial charge in [0.2, 0.25) is 0 Å². The van der Waals surface area contributed by atoms with Crippen LogP contribution >= 0.6 is 0 Å². The number of fused-ring (bicyclic) bond motifs is 1. The number of hydrogen-bond acceptors (Lipinski definition) is 4. The molecule has 4 nitrogen and oxygen atoms in total. The summed E-state index contributed by atoms with van der Waals surface area (Å²) in [6, 6.07) is 3.52. The molecule has 1 saturated carbocycles. The lowest BCUT2D eigenvalue weighted by molar-refractivity contribution is 0.313. The van der Waals surface area contributed by atoms with Crippen molar-refractivity contribution in [2.24, 2.45) is 5.73 Å². The number of anilines is 2. The Balaban J connectivity index is 1.89. The predicted octanol–water partition coefficient (Wildman–Crippen LogP) is 4.58. The van der Waals surface area contributed by atoms with E-state index in [2.05, 4.69) is 11.5 Å². The zero-order valence-electron chi connectivity index (χ0n) is 16.9. The molecule has 1 aliphatic carbocycles. The maximum absolute atomic E-state index is 14.1. The molecule has 0 radical (unpaired) electrons. The predicted molar refractivity (Wildman–Crippen MR) is 112 cm³/mol. The molecule has 1 aliphatic heterocycles. The number of nitrogens with two attached hydrogens (primary N) is 1. The van der Waals surface area contributed by atoms with E-state index >= 15 is 0 Å². The summed E-state index contributed by atoms with van der Waals surface area (Å²) in [4.78, 5) is 3.90. The average molecular weight is 374 g/mol. The summed E-state index contributed by atoms with van der Waals surface area (Å²) in [5.74, 6) is 0.182. The van der Waals surface area contributed by atoms with Gasteiger partial charge >= 0.3 is 0 Å². The van der Waals surface area contributed by atoms with Gasteiger partial charge in [-0.1, -0.05) is 6.58 Å². The lowest BCUT2D eigenvalue weighted by atomic mass is 9.93. The van der Waals surface area contributed by atoms with Gasteiger partial charge in [0.1, 0.15) is 6.17 Å². The number of hydrogen-bond donors (Lipinski definition) is 2. The van der Waals surface area contributed by atoms with Gasteiger partial charge in [0, 0.05) is 30.9 Å². The summed E-state index contributed by atoms with van der Waals surface area (Å²) in [6.07, 6.45) is 5.07. The second kappa shape index (κ2) is 7.19. The lowest BCUT2D eigenvalue weighted by Gasteiger charge is -2.37. The lowest BCUT2D eigenvalue weighted by Crippen LogP contribution is -2.37. The van der Waals surface area contributed by atoms with E-state index in [0.29, 0.717) is 5.69 Å². The number of halogens is 1. The highest BCUT2D eigenvalue weighted by Gasteiger charge is 2.37. The van der Waals surface area contributed by atoms with E-state index in [1.807, 2.05) is 44.1 Å². The molecule has 0 spiro atoms. The first-order chi connectivity index (χ1) is 12.6. The first-order valence-electron chi connectivity index (χ1n) is 9.81. The van der Waals surface area contributed by atoms with Crippen LogP contribution in [-0.4, -0.2) is 36.5 Å². The SMILES string of the molecule is C=C1C(C)=CN(C(C)C(C)F)c2c1ccc(N(C)CCCC1(N)CC1)c2O. The Morgan fingerprint density at radius 1 is 1.37 bits per heavy atom. The zero-order valence-corrected chi connectivity index (χ0v) is 16.9. The number of aromatic hydroxyl groups is 1. The van der Waals surface area contributed by atoms with Gasteiger partial charge in [-0.25, -0.2) is 4.39 Å². The molecule has 2 aliphatic rings. The summed E-state index contributed by atoms with van der Waals surface area (Å²) >= 11 is 0. The third kappa shape index (κ3) is 3.84. The Morgan fingerprint density at radius 2 is 2.04 bits per heavy atom. The van der Waals surface area contributed by atoms with Gasteiger partial charge < -0.3 is 20.6 Å². The van der Waals surface area contributed by atoms with Gasteiger partial charge in [-0.3, -0.25) is 0 Å². The summed E-state index contributed by atoms with van der Waals surface area (Å²) in [5.41, 5.74) is 10.3. The van der Waals surface area contributed by atoms with Gasteiger partial charge in [0.15, 0.2) is 5.75 Å². The van der Waals surface area contributed by atoms with Crippen molar-refractivity contribution in [3.63, 3.8) is 0 Å². The standard InChI is InChI=1S/C22H32FN3O/c1-14-13-26(17(4)16(3)23)20-18(15(14)2)7-8-19(21(20)27)25(5)12-6-9-22(24)10-11-22/h7-8,13,16-17,27H,2,6,9-12,24H2,1,3-5H3. The number of alkyl halides is 1. The van der Waals surface area contributed by atoms with E-state index in [1.165, 1.54) is 0 Å².